The Morgan fingerprint density at radius 1 is 1.17 bits per heavy atom. The van der Waals surface area contributed by atoms with Crippen molar-refractivity contribution >= 4 is 0 Å². The van der Waals surface area contributed by atoms with E-state index >= 15 is 0 Å². The van der Waals surface area contributed by atoms with Gasteiger partial charge in [-0.25, -0.2) is 0 Å². The third-order valence-corrected chi connectivity index (χ3v) is 4.17. The second kappa shape index (κ2) is 2.49. The molecule has 0 radical (unpaired) electrons. The first kappa shape index (κ1) is 10.1. The van der Waals surface area contributed by atoms with E-state index in [1.165, 1.54) is 19.3 Å². The molecular weight excluding hydrogens is 144 g/mol. The molecule has 0 heterocycles. The molecule has 1 unspecified atom stereocenters. The molecule has 12 heavy (non-hydrogen) atoms. The summed E-state index contributed by atoms with van der Waals surface area (Å²) in [5.74, 6) is 0. The Morgan fingerprint density at radius 3 is 1.83 bits per heavy atom. The van der Waals surface area contributed by atoms with E-state index in [0.29, 0.717) is 16.2 Å². The molecule has 0 aromatic carbocycles. The first-order valence-electron chi connectivity index (χ1n) is 5.22. The van der Waals surface area contributed by atoms with E-state index in [2.05, 4.69) is 41.5 Å². The Balaban J connectivity index is 2.54. The molecular formula is C12H24. The first-order chi connectivity index (χ1) is 5.22. The molecule has 0 heteroatoms. The van der Waals surface area contributed by atoms with Gasteiger partial charge in [0.15, 0.2) is 0 Å². The highest BCUT2D eigenvalue weighted by atomic mass is 14.6. The molecule has 1 rings (SSSR count). The lowest BCUT2D eigenvalue weighted by Gasteiger charge is -2.28. The Bertz CT molecular complexity index is 176. The number of hydrogen-bond acceptors (Lipinski definition) is 0. The van der Waals surface area contributed by atoms with Crippen LogP contribution in [0.4, 0.5) is 0 Å². The molecule has 0 bridgehead atoms. The molecule has 0 saturated heterocycles. The summed E-state index contributed by atoms with van der Waals surface area (Å²) in [6.07, 6.45) is 4.12. The van der Waals surface area contributed by atoms with Crippen LogP contribution in [-0.2, 0) is 0 Å². The lowest BCUT2D eigenvalue weighted by molar-refractivity contribution is 0.223. The number of hydrogen-bond donors (Lipinski definition) is 0. The lowest BCUT2D eigenvalue weighted by Crippen LogP contribution is -2.18. The molecule has 0 aromatic rings. The van der Waals surface area contributed by atoms with Crippen LogP contribution >= 0.6 is 0 Å². The summed E-state index contributed by atoms with van der Waals surface area (Å²) in [7, 11) is 0. The van der Waals surface area contributed by atoms with Crippen LogP contribution in [0.2, 0.25) is 0 Å². The molecule has 0 amide bonds. The van der Waals surface area contributed by atoms with E-state index in [0.717, 1.165) is 0 Å². The normalized spacial score (nSPS) is 33.5. The summed E-state index contributed by atoms with van der Waals surface area (Å²) in [6, 6.07) is 0. The molecule has 0 aliphatic heterocycles. The van der Waals surface area contributed by atoms with E-state index in [1.807, 2.05) is 0 Å². The van der Waals surface area contributed by atoms with Crippen LogP contribution in [0.5, 0.6) is 0 Å². The smallest absolute Gasteiger partial charge is 0.0264 e. The minimum Gasteiger partial charge on any atom is -0.0649 e. The fourth-order valence-corrected chi connectivity index (χ4v) is 2.41. The zero-order valence-corrected chi connectivity index (χ0v) is 9.62. The van der Waals surface area contributed by atoms with E-state index in [4.69, 9.17) is 0 Å². The highest BCUT2D eigenvalue weighted by Gasteiger charge is 2.58. The Labute approximate surface area is 77.7 Å². The van der Waals surface area contributed by atoms with Crippen molar-refractivity contribution in [2.45, 2.75) is 60.8 Å². The van der Waals surface area contributed by atoms with Gasteiger partial charge >= 0.3 is 0 Å². The predicted molar refractivity (Wildman–Crippen MR) is 55.2 cm³/mol. The van der Waals surface area contributed by atoms with Crippen molar-refractivity contribution in [3.63, 3.8) is 0 Å². The van der Waals surface area contributed by atoms with E-state index in [1.54, 1.807) is 0 Å². The first-order valence-corrected chi connectivity index (χ1v) is 5.22. The third-order valence-electron chi connectivity index (χ3n) is 4.17. The maximum atomic E-state index is 2.45. The van der Waals surface area contributed by atoms with Gasteiger partial charge in [0.2, 0.25) is 0 Å². The average Bonchev–Trinajstić information content (AvgIpc) is 2.30. The lowest BCUT2D eigenvalue weighted by atomic mass is 9.77. The zero-order valence-electron chi connectivity index (χ0n) is 9.62. The van der Waals surface area contributed by atoms with Gasteiger partial charge < -0.3 is 0 Å². The molecule has 72 valence electrons. The molecule has 0 spiro atoms. The molecule has 0 nitrogen and oxygen atoms in total. The van der Waals surface area contributed by atoms with Crippen molar-refractivity contribution in [1.82, 2.24) is 0 Å². The maximum Gasteiger partial charge on any atom is -0.0264 e. The summed E-state index contributed by atoms with van der Waals surface area (Å²) >= 11 is 0. The van der Waals surface area contributed by atoms with Crippen molar-refractivity contribution in [2.24, 2.45) is 16.2 Å². The van der Waals surface area contributed by atoms with Gasteiger partial charge in [0.05, 0.1) is 0 Å². The molecule has 0 N–H and O–H groups in total. The van der Waals surface area contributed by atoms with Gasteiger partial charge in [0.1, 0.15) is 0 Å². The summed E-state index contributed by atoms with van der Waals surface area (Å²) in [6.45, 7) is 14.3. The highest BCUT2D eigenvalue weighted by molar-refractivity contribution is 5.07. The monoisotopic (exact) mass is 168 g/mol. The predicted octanol–water partition coefficient (Wildman–Crippen LogP) is 4.25. The second-order valence-corrected chi connectivity index (χ2v) is 6.32. The van der Waals surface area contributed by atoms with E-state index < -0.39 is 0 Å². The standard InChI is InChI=1S/C12H24/c1-7-10(2,3)8-12(6)9-11(12,4)5/h7-9H2,1-6H3. The SMILES string of the molecule is CCC(C)(C)CC1(C)CC1(C)C. The van der Waals surface area contributed by atoms with Crippen LogP contribution in [0.3, 0.4) is 0 Å². The minimum absolute atomic E-state index is 0.544. The van der Waals surface area contributed by atoms with Gasteiger partial charge in [-0.15, -0.1) is 0 Å². The van der Waals surface area contributed by atoms with Crippen LogP contribution in [0.25, 0.3) is 0 Å². The van der Waals surface area contributed by atoms with Crippen molar-refractivity contribution in [3.8, 4) is 0 Å². The van der Waals surface area contributed by atoms with Gasteiger partial charge in [0.25, 0.3) is 0 Å². The molecule has 1 fully saturated rings. The quantitative estimate of drug-likeness (QED) is 0.591. The summed E-state index contributed by atoms with van der Waals surface area (Å²) in [4.78, 5) is 0. The van der Waals surface area contributed by atoms with Gasteiger partial charge in [-0.2, -0.15) is 0 Å². The van der Waals surface area contributed by atoms with E-state index in [9.17, 15) is 0 Å². The largest absolute Gasteiger partial charge is 0.0649 e. The average molecular weight is 168 g/mol. The zero-order chi connectivity index (χ0) is 9.62. The van der Waals surface area contributed by atoms with Crippen LogP contribution in [-0.4, -0.2) is 0 Å². The van der Waals surface area contributed by atoms with Gasteiger partial charge in [-0.3, -0.25) is 0 Å². The summed E-state index contributed by atoms with van der Waals surface area (Å²) in [5, 5.41) is 0. The molecule has 0 aromatic heterocycles. The Hall–Kier alpha value is 0. The Morgan fingerprint density at radius 2 is 1.58 bits per heavy atom. The molecule has 1 atom stereocenters. The highest BCUT2D eigenvalue weighted by Crippen LogP contribution is 2.67. The van der Waals surface area contributed by atoms with Crippen molar-refractivity contribution < 1.29 is 0 Å². The van der Waals surface area contributed by atoms with Crippen LogP contribution in [0.1, 0.15) is 60.8 Å². The molecule has 1 aliphatic carbocycles. The second-order valence-electron chi connectivity index (χ2n) is 6.32. The fourth-order valence-electron chi connectivity index (χ4n) is 2.41. The van der Waals surface area contributed by atoms with Crippen molar-refractivity contribution in [1.29, 1.82) is 0 Å². The van der Waals surface area contributed by atoms with Gasteiger partial charge in [-0.05, 0) is 29.1 Å². The van der Waals surface area contributed by atoms with Crippen molar-refractivity contribution in [2.75, 3.05) is 0 Å². The fraction of sp³-hybridized carbons (Fsp3) is 1.00. The van der Waals surface area contributed by atoms with E-state index in [-0.39, 0.29) is 0 Å². The summed E-state index contributed by atoms with van der Waals surface area (Å²) in [5.41, 5.74) is 1.79. The third kappa shape index (κ3) is 1.67. The van der Waals surface area contributed by atoms with Crippen LogP contribution in [0, 0.1) is 16.2 Å². The minimum atomic E-state index is 0.544. The number of rotatable bonds is 3. The topological polar surface area (TPSA) is 0 Å². The maximum absolute atomic E-state index is 2.45. The van der Waals surface area contributed by atoms with Gasteiger partial charge in [-0.1, -0.05) is 48.0 Å². The van der Waals surface area contributed by atoms with Crippen LogP contribution in [0.15, 0.2) is 0 Å². The Kier molecular flexibility index (Phi) is 2.10. The molecule has 1 saturated carbocycles. The summed E-state index contributed by atoms with van der Waals surface area (Å²) < 4.78 is 0. The van der Waals surface area contributed by atoms with Crippen LogP contribution < -0.4 is 0 Å². The van der Waals surface area contributed by atoms with Crippen molar-refractivity contribution in [3.05, 3.63) is 0 Å². The molecule has 1 aliphatic rings. The van der Waals surface area contributed by atoms with Gasteiger partial charge in [0, 0.05) is 0 Å².